The summed E-state index contributed by atoms with van der Waals surface area (Å²) in [6, 6.07) is 10.5. The number of benzene rings is 1. The smallest absolute Gasteiger partial charge is 0.408 e. The largest absolute Gasteiger partial charge is 0.445 e. The van der Waals surface area contributed by atoms with Gasteiger partial charge in [-0.05, 0) is 12.5 Å². The highest BCUT2D eigenvalue weighted by molar-refractivity contribution is 5.68. The lowest BCUT2D eigenvalue weighted by atomic mass is 10.2. The molecule has 96 valence electrons. The fraction of sp³-hybridized carbons (Fsp3) is 0.385. The normalized spacial score (nSPS) is 13.2. The maximum Gasteiger partial charge on any atom is 0.408 e. The number of rotatable bonds is 5. The molecular formula is C13H16N2O3. The molecule has 0 saturated heterocycles. The summed E-state index contributed by atoms with van der Waals surface area (Å²) in [5.41, 5.74) is 0.890. The molecule has 0 heterocycles. The Morgan fingerprint density at radius 3 is 2.67 bits per heavy atom. The Bertz CT molecular complexity index is 414. The van der Waals surface area contributed by atoms with E-state index in [9.17, 15) is 4.79 Å². The molecule has 18 heavy (non-hydrogen) atoms. The third-order valence-corrected chi connectivity index (χ3v) is 2.47. The Hall–Kier alpha value is -2.06. The van der Waals surface area contributed by atoms with E-state index in [1.165, 1.54) is 7.11 Å². The molecule has 0 bridgehead atoms. The number of nitrogens with zero attached hydrogens (tertiary/aromatic N) is 1. The van der Waals surface area contributed by atoms with Crippen molar-refractivity contribution in [2.45, 2.75) is 25.7 Å². The standard InChI is InChI=1S/C13H16N2O3/c1-10(17-2)12(8-14)15-13(16)18-9-11-6-4-3-5-7-11/h3-7,10,12H,9H2,1-2H3,(H,15,16)/t10-,12-/m1/s1. The molecule has 0 radical (unpaired) electrons. The zero-order valence-electron chi connectivity index (χ0n) is 10.4. The van der Waals surface area contributed by atoms with Crippen LogP contribution < -0.4 is 5.32 Å². The van der Waals surface area contributed by atoms with Gasteiger partial charge in [-0.3, -0.25) is 0 Å². The van der Waals surface area contributed by atoms with E-state index in [-0.39, 0.29) is 12.7 Å². The third-order valence-electron chi connectivity index (χ3n) is 2.47. The van der Waals surface area contributed by atoms with Crippen LogP contribution in [0.25, 0.3) is 0 Å². The van der Waals surface area contributed by atoms with Crippen LogP contribution in [0.4, 0.5) is 4.79 Å². The summed E-state index contributed by atoms with van der Waals surface area (Å²) >= 11 is 0. The van der Waals surface area contributed by atoms with Gasteiger partial charge in [0, 0.05) is 7.11 Å². The first kappa shape index (κ1) is 14.0. The molecule has 0 unspecified atom stereocenters. The quantitative estimate of drug-likeness (QED) is 0.863. The zero-order valence-corrected chi connectivity index (χ0v) is 10.4. The number of hydrogen-bond donors (Lipinski definition) is 1. The van der Waals surface area contributed by atoms with Crippen molar-refractivity contribution in [3.05, 3.63) is 35.9 Å². The highest BCUT2D eigenvalue weighted by Gasteiger charge is 2.19. The lowest BCUT2D eigenvalue weighted by Gasteiger charge is -2.17. The molecule has 0 fully saturated rings. The molecule has 0 saturated carbocycles. The summed E-state index contributed by atoms with van der Waals surface area (Å²) in [4.78, 5) is 11.5. The molecule has 2 atom stereocenters. The van der Waals surface area contributed by atoms with Gasteiger partial charge in [-0.2, -0.15) is 5.26 Å². The first-order valence-corrected chi connectivity index (χ1v) is 5.57. The van der Waals surface area contributed by atoms with Crippen LogP contribution in [0.3, 0.4) is 0 Å². The van der Waals surface area contributed by atoms with Crippen LogP contribution in [0, 0.1) is 11.3 Å². The number of carbonyl (C=O) groups excluding carboxylic acids is 1. The van der Waals surface area contributed by atoms with Gasteiger partial charge in [0.1, 0.15) is 12.6 Å². The van der Waals surface area contributed by atoms with E-state index in [0.29, 0.717) is 0 Å². The zero-order chi connectivity index (χ0) is 13.4. The minimum Gasteiger partial charge on any atom is -0.445 e. The van der Waals surface area contributed by atoms with Crippen LogP contribution >= 0.6 is 0 Å². The Kier molecular flexibility index (Phi) is 5.68. The minimum absolute atomic E-state index is 0.173. The molecule has 1 aromatic rings. The second kappa shape index (κ2) is 7.30. The van der Waals surface area contributed by atoms with Gasteiger partial charge in [-0.1, -0.05) is 30.3 Å². The van der Waals surface area contributed by atoms with Gasteiger partial charge in [-0.15, -0.1) is 0 Å². The maximum absolute atomic E-state index is 11.5. The van der Waals surface area contributed by atoms with Gasteiger partial charge in [0.2, 0.25) is 0 Å². The summed E-state index contributed by atoms with van der Waals surface area (Å²) in [6.45, 7) is 1.87. The Labute approximate surface area is 106 Å². The van der Waals surface area contributed by atoms with E-state index in [2.05, 4.69) is 5.32 Å². The van der Waals surface area contributed by atoms with Crippen LogP contribution in [-0.4, -0.2) is 25.3 Å². The van der Waals surface area contributed by atoms with Gasteiger partial charge < -0.3 is 14.8 Å². The molecule has 0 aliphatic rings. The predicted molar refractivity (Wildman–Crippen MR) is 65.6 cm³/mol. The Balaban J connectivity index is 2.40. The number of hydrogen-bond acceptors (Lipinski definition) is 4. The third kappa shape index (κ3) is 4.44. The maximum atomic E-state index is 11.5. The lowest BCUT2D eigenvalue weighted by Crippen LogP contribution is -2.42. The van der Waals surface area contributed by atoms with E-state index in [4.69, 9.17) is 14.7 Å². The second-order valence-corrected chi connectivity index (χ2v) is 3.75. The molecule has 1 rings (SSSR count). The van der Waals surface area contributed by atoms with Gasteiger partial charge in [0.25, 0.3) is 0 Å². The number of ether oxygens (including phenoxy) is 2. The average Bonchev–Trinajstić information content (AvgIpc) is 2.42. The van der Waals surface area contributed by atoms with E-state index >= 15 is 0 Å². The van der Waals surface area contributed by atoms with Gasteiger partial charge in [0.05, 0.1) is 12.2 Å². The van der Waals surface area contributed by atoms with Gasteiger partial charge in [0.15, 0.2) is 0 Å². The SMILES string of the molecule is CO[C@H](C)[C@@H](C#N)NC(=O)OCc1ccccc1. The van der Waals surface area contributed by atoms with E-state index < -0.39 is 12.1 Å². The summed E-state index contributed by atoms with van der Waals surface area (Å²) in [5, 5.41) is 11.3. The fourth-order valence-corrected chi connectivity index (χ4v) is 1.28. The van der Waals surface area contributed by atoms with Crippen molar-refractivity contribution in [2.24, 2.45) is 0 Å². The molecule has 0 aromatic heterocycles. The molecule has 5 heteroatoms. The fourth-order valence-electron chi connectivity index (χ4n) is 1.28. The minimum atomic E-state index is -0.724. The number of nitriles is 1. The molecule has 5 nitrogen and oxygen atoms in total. The monoisotopic (exact) mass is 248 g/mol. The molecule has 0 spiro atoms. The number of amides is 1. The van der Waals surface area contributed by atoms with Crippen molar-refractivity contribution in [1.82, 2.24) is 5.32 Å². The molecule has 1 aromatic carbocycles. The van der Waals surface area contributed by atoms with Crippen LogP contribution in [0.5, 0.6) is 0 Å². The molecule has 1 N–H and O–H groups in total. The van der Waals surface area contributed by atoms with Gasteiger partial charge in [-0.25, -0.2) is 4.79 Å². The lowest BCUT2D eigenvalue weighted by molar-refractivity contribution is 0.0884. The van der Waals surface area contributed by atoms with E-state index in [1.54, 1.807) is 6.92 Å². The molecule has 0 aliphatic heterocycles. The average molecular weight is 248 g/mol. The molecule has 0 aliphatic carbocycles. The number of methoxy groups -OCH3 is 1. The highest BCUT2D eigenvalue weighted by atomic mass is 16.5. The van der Waals surface area contributed by atoms with Crippen molar-refractivity contribution in [3.63, 3.8) is 0 Å². The van der Waals surface area contributed by atoms with Crippen molar-refractivity contribution < 1.29 is 14.3 Å². The summed E-state index contributed by atoms with van der Waals surface area (Å²) in [5.74, 6) is 0. The van der Waals surface area contributed by atoms with E-state index in [0.717, 1.165) is 5.56 Å². The first-order chi connectivity index (χ1) is 8.67. The molecule has 1 amide bonds. The van der Waals surface area contributed by atoms with Crippen molar-refractivity contribution in [2.75, 3.05) is 7.11 Å². The molecular weight excluding hydrogens is 232 g/mol. The van der Waals surface area contributed by atoms with Crippen LogP contribution in [-0.2, 0) is 16.1 Å². The summed E-state index contributed by atoms with van der Waals surface area (Å²) in [7, 11) is 1.48. The summed E-state index contributed by atoms with van der Waals surface area (Å²) < 4.78 is 9.97. The van der Waals surface area contributed by atoms with E-state index in [1.807, 2.05) is 36.4 Å². The van der Waals surface area contributed by atoms with Crippen LogP contribution in [0.1, 0.15) is 12.5 Å². The number of nitrogens with one attached hydrogen (secondary N) is 1. The number of alkyl carbamates (subject to hydrolysis) is 1. The predicted octanol–water partition coefficient (Wildman–Crippen LogP) is 1.84. The van der Waals surface area contributed by atoms with Crippen molar-refractivity contribution >= 4 is 6.09 Å². The summed E-state index contributed by atoms with van der Waals surface area (Å²) in [6.07, 6.45) is -1.02. The van der Waals surface area contributed by atoms with Crippen molar-refractivity contribution in [3.8, 4) is 6.07 Å². The highest BCUT2D eigenvalue weighted by Crippen LogP contribution is 2.02. The van der Waals surface area contributed by atoms with Crippen LogP contribution in [0.15, 0.2) is 30.3 Å². The van der Waals surface area contributed by atoms with Crippen LogP contribution in [0.2, 0.25) is 0 Å². The topological polar surface area (TPSA) is 71.3 Å². The first-order valence-electron chi connectivity index (χ1n) is 5.57. The number of carbonyl (C=O) groups is 1. The second-order valence-electron chi connectivity index (χ2n) is 3.75. The Morgan fingerprint density at radius 1 is 1.44 bits per heavy atom. The van der Waals surface area contributed by atoms with Crippen molar-refractivity contribution in [1.29, 1.82) is 5.26 Å². The Morgan fingerprint density at radius 2 is 2.11 bits per heavy atom. The van der Waals surface area contributed by atoms with Gasteiger partial charge >= 0.3 is 6.09 Å².